The van der Waals surface area contributed by atoms with Gasteiger partial charge in [0.15, 0.2) is 5.82 Å². The second kappa shape index (κ2) is 12.6. The summed E-state index contributed by atoms with van der Waals surface area (Å²) in [6, 6.07) is 15.0. The molecule has 3 aromatic rings. The highest BCUT2D eigenvalue weighted by Crippen LogP contribution is 2.25. The van der Waals surface area contributed by atoms with E-state index in [0.29, 0.717) is 17.4 Å². The first-order valence-electron chi connectivity index (χ1n) is 13.3. The van der Waals surface area contributed by atoms with Crippen molar-refractivity contribution in [3.05, 3.63) is 85.9 Å². The Labute approximate surface area is 229 Å². The summed E-state index contributed by atoms with van der Waals surface area (Å²) >= 11 is 5.86. The predicted molar refractivity (Wildman–Crippen MR) is 153 cm³/mol. The maximum absolute atomic E-state index is 11.0. The molecule has 38 heavy (non-hydrogen) atoms. The van der Waals surface area contributed by atoms with Crippen molar-refractivity contribution >= 4 is 24.1 Å². The second-order valence-electron chi connectivity index (χ2n) is 10.3. The van der Waals surface area contributed by atoms with Crippen molar-refractivity contribution in [1.82, 2.24) is 24.3 Å². The summed E-state index contributed by atoms with van der Waals surface area (Å²) in [5, 5.41) is 20.7. The highest BCUT2D eigenvalue weighted by molar-refractivity contribution is 7.71. The number of nitro benzene ring substituents is 1. The second-order valence-corrected chi connectivity index (χ2v) is 10.7. The molecule has 1 aliphatic rings. The minimum Gasteiger partial charge on any atom is -0.301 e. The summed E-state index contributed by atoms with van der Waals surface area (Å²) in [5.41, 5.74) is 3.26. The molecule has 1 saturated heterocycles. The third-order valence-corrected chi connectivity index (χ3v) is 7.41. The van der Waals surface area contributed by atoms with Gasteiger partial charge in [-0.1, -0.05) is 52.0 Å². The van der Waals surface area contributed by atoms with Crippen LogP contribution in [0, 0.1) is 20.8 Å². The Morgan fingerprint density at radius 3 is 2.24 bits per heavy atom. The van der Waals surface area contributed by atoms with E-state index in [0.717, 1.165) is 56.1 Å². The first kappa shape index (κ1) is 27.8. The molecular formula is C28H37N7O2S. The number of nitro groups is 1. The lowest BCUT2D eigenvalue weighted by Crippen LogP contribution is -2.46. The molecule has 2 heterocycles. The van der Waals surface area contributed by atoms with Crippen molar-refractivity contribution in [1.29, 1.82) is 0 Å². The van der Waals surface area contributed by atoms with Gasteiger partial charge in [0.25, 0.3) is 5.69 Å². The lowest BCUT2D eigenvalue weighted by Gasteiger charge is -2.33. The van der Waals surface area contributed by atoms with Crippen molar-refractivity contribution in [3.63, 3.8) is 0 Å². The SMILES string of the molecule is CCN1CCN(Cn2nc(C(C)c3ccc(CC(C)C)cc3)n(/N=C/c3ccc([N+](=O)[O-])cc3)c2=S)CC1. The number of piperazine rings is 1. The topological polar surface area (TPSA) is 84.7 Å². The maximum atomic E-state index is 11.0. The normalized spacial score (nSPS) is 15.9. The first-order valence-corrected chi connectivity index (χ1v) is 13.7. The van der Waals surface area contributed by atoms with Gasteiger partial charge in [0.2, 0.25) is 4.77 Å². The third kappa shape index (κ3) is 6.80. The predicted octanol–water partition coefficient (Wildman–Crippen LogP) is 5.15. The molecule has 1 aromatic heterocycles. The van der Waals surface area contributed by atoms with Gasteiger partial charge < -0.3 is 4.90 Å². The number of rotatable bonds is 10. The fraction of sp³-hybridized carbons (Fsp3) is 0.464. The van der Waals surface area contributed by atoms with Crippen LogP contribution in [0.1, 0.15) is 56.1 Å². The molecule has 9 nitrogen and oxygen atoms in total. The van der Waals surface area contributed by atoms with Gasteiger partial charge in [-0.25, -0.2) is 4.68 Å². The summed E-state index contributed by atoms with van der Waals surface area (Å²) < 4.78 is 4.12. The summed E-state index contributed by atoms with van der Waals surface area (Å²) in [6.45, 7) is 14.5. The van der Waals surface area contributed by atoms with Crippen LogP contribution in [0.4, 0.5) is 5.69 Å². The van der Waals surface area contributed by atoms with Crippen LogP contribution in [-0.2, 0) is 13.1 Å². The maximum Gasteiger partial charge on any atom is 0.269 e. The van der Waals surface area contributed by atoms with Gasteiger partial charge in [-0.3, -0.25) is 15.0 Å². The van der Waals surface area contributed by atoms with Crippen molar-refractivity contribution in [3.8, 4) is 0 Å². The van der Waals surface area contributed by atoms with Gasteiger partial charge in [0.1, 0.15) is 0 Å². The molecule has 1 fully saturated rings. The first-order chi connectivity index (χ1) is 18.2. The van der Waals surface area contributed by atoms with E-state index in [1.807, 2.05) is 4.68 Å². The van der Waals surface area contributed by atoms with Crippen molar-refractivity contribution in [2.75, 3.05) is 32.7 Å². The number of hydrogen-bond acceptors (Lipinski definition) is 7. The van der Waals surface area contributed by atoms with Gasteiger partial charge in [-0.2, -0.15) is 14.9 Å². The standard InChI is InChI=1S/C28H37N7O2S/c1-5-31-14-16-32(17-15-31)20-33-28(38)34(29-19-24-8-12-26(13-9-24)35(36)37)27(30-33)22(4)25-10-6-23(7-11-25)18-21(2)3/h6-13,19,21-22H,5,14-18,20H2,1-4H3/b29-19+. The monoisotopic (exact) mass is 535 g/mol. The van der Waals surface area contributed by atoms with Crippen molar-refractivity contribution in [2.45, 2.75) is 46.7 Å². The number of benzene rings is 2. The Morgan fingerprint density at radius 2 is 1.66 bits per heavy atom. The zero-order chi connectivity index (χ0) is 27.2. The summed E-state index contributed by atoms with van der Waals surface area (Å²) in [7, 11) is 0. The van der Waals surface area contributed by atoms with E-state index in [4.69, 9.17) is 22.4 Å². The largest absolute Gasteiger partial charge is 0.301 e. The molecule has 4 rings (SSSR count). The smallest absolute Gasteiger partial charge is 0.269 e. The molecule has 0 amide bonds. The minimum atomic E-state index is -0.409. The summed E-state index contributed by atoms with van der Waals surface area (Å²) in [5.74, 6) is 1.33. The highest BCUT2D eigenvalue weighted by atomic mass is 32.1. The Kier molecular flexibility index (Phi) is 9.19. The average molecular weight is 536 g/mol. The molecule has 0 saturated carbocycles. The Bertz CT molecular complexity index is 1300. The number of nitrogens with zero attached hydrogens (tertiary/aromatic N) is 7. The number of likely N-dealkylation sites (N-methyl/N-ethyl adjacent to an activating group) is 1. The fourth-order valence-corrected chi connectivity index (χ4v) is 4.93. The van der Waals surface area contributed by atoms with Gasteiger partial charge in [-0.05, 0) is 59.9 Å². The zero-order valence-electron chi connectivity index (χ0n) is 22.7. The van der Waals surface area contributed by atoms with Crippen LogP contribution in [-0.4, -0.2) is 68.1 Å². The van der Waals surface area contributed by atoms with E-state index < -0.39 is 4.92 Å². The van der Waals surface area contributed by atoms with Crippen LogP contribution in [0.3, 0.4) is 0 Å². The van der Waals surface area contributed by atoms with Crippen LogP contribution < -0.4 is 0 Å². The molecule has 0 bridgehead atoms. The van der Waals surface area contributed by atoms with Gasteiger partial charge in [0, 0.05) is 44.2 Å². The van der Waals surface area contributed by atoms with Crippen LogP contribution in [0.5, 0.6) is 0 Å². The molecule has 1 aliphatic heterocycles. The van der Waals surface area contributed by atoms with Gasteiger partial charge >= 0.3 is 0 Å². The molecule has 0 aliphatic carbocycles. The van der Waals surface area contributed by atoms with E-state index in [1.54, 1.807) is 23.0 Å². The van der Waals surface area contributed by atoms with Crippen molar-refractivity contribution in [2.24, 2.45) is 11.0 Å². The molecule has 0 spiro atoms. The van der Waals surface area contributed by atoms with E-state index >= 15 is 0 Å². The van der Waals surface area contributed by atoms with Crippen LogP contribution in [0.2, 0.25) is 0 Å². The molecular weight excluding hydrogens is 498 g/mol. The average Bonchev–Trinajstić information content (AvgIpc) is 3.22. The van der Waals surface area contributed by atoms with E-state index in [2.05, 4.69) is 61.8 Å². The number of aromatic nitrogens is 3. The Hall–Kier alpha value is -3.21. The zero-order valence-corrected chi connectivity index (χ0v) is 23.5. The van der Waals surface area contributed by atoms with Crippen LogP contribution >= 0.6 is 12.2 Å². The van der Waals surface area contributed by atoms with E-state index in [-0.39, 0.29) is 11.6 Å². The molecule has 0 N–H and O–H groups in total. The summed E-state index contributed by atoms with van der Waals surface area (Å²) in [6.07, 6.45) is 2.72. The molecule has 1 atom stereocenters. The lowest BCUT2D eigenvalue weighted by molar-refractivity contribution is -0.384. The number of non-ortho nitro benzene ring substituents is 1. The van der Waals surface area contributed by atoms with Crippen LogP contribution in [0.25, 0.3) is 0 Å². The minimum absolute atomic E-state index is 0.0306. The van der Waals surface area contributed by atoms with Crippen LogP contribution in [0.15, 0.2) is 53.6 Å². The Morgan fingerprint density at radius 1 is 1.03 bits per heavy atom. The molecule has 1 unspecified atom stereocenters. The highest BCUT2D eigenvalue weighted by Gasteiger charge is 2.22. The van der Waals surface area contributed by atoms with E-state index in [1.165, 1.54) is 17.7 Å². The van der Waals surface area contributed by atoms with Crippen molar-refractivity contribution < 1.29 is 4.92 Å². The molecule has 202 valence electrons. The van der Waals surface area contributed by atoms with E-state index in [9.17, 15) is 10.1 Å². The lowest BCUT2D eigenvalue weighted by atomic mass is 9.96. The van der Waals surface area contributed by atoms with Gasteiger partial charge in [0.05, 0.1) is 17.8 Å². The van der Waals surface area contributed by atoms with Gasteiger partial charge in [-0.15, -0.1) is 0 Å². The molecule has 0 radical (unpaired) electrons. The third-order valence-electron chi connectivity index (χ3n) is 7.03. The molecule has 2 aromatic carbocycles. The number of hydrogen-bond donors (Lipinski definition) is 0. The summed E-state index contributed by atoms with van der Waals surface area (Å²) in [4.78, 5) is 15.4. The Balaban J connectivity index is 1.63. The fourth-order valence-electron chi connectivity index (χ4n) is 4.69. The quantitative estimate of drug-likeness (QED) is 0.155. The molecule has 10 heteroatoms.